The van der Waals surface area contributed by atoms with Gasteiger partial charge >= 0.3 is 0 Å². The maximum absolute atomic E-state index is 9.15. The fraction of sp³-hybridized carbons (Fsp3) is 0.667. The molecule has 18 heavy (non-hydrogen) atoms. The van der Waals surface area contributed by atoms with Gasteiger partial charge in [0.2, 0.25) is 0 Å². The van der Waals surface area contributed by atoms with Crippen LogP contribution in [0.3, 0.4) is 0 Å². The van der Waals surface area contributed by atoms with Crippen LogP contribution in [-0.2, 0) is 6.54 Å². The van der Waals surface area contributed by atoms with Crippen molar-refractivity contribution in [3.05, 3.63) is 16.8 Å². The first-order valence-corrected chi connectivity index (χ1v) is 6.51. The normalized spacial score (nSPS) is 20.7. The monoisotopic (exact) mass is 245 g/mol. The van der Waals surface area contributed by atoms with Crippen molar-refractivity contribution in [1.29, 1.82) is 5.26 Å². The molecule has 98 valence electrons. The summed E-state index contributed by atoms with van der Waals surface area (Å²) in [4.78, 5) is 0. The maximum Gasteiger partial charge on any atom is 0.122 e. The number of nitrogen functional groups attached to an aromatic ring is 1. The zero-order chi connectivity index (χ0) is 13.9. The highest BCUT2D eigenvalue weighted by molar-refractivity contribution is 5.57. The molecule has 0 saturated heterocycles. The van der Waals surface area contributed by atoms with Gasteiger partial charge in [0.15, 0.2) is 0 Å². The number of nitrogens with zero attached hydrogens (tertiary/aromatic N) is 2. The summed E-state index contributed by atoms with van der Waals surface area (Å²) in [6.45, 7) is 14.2. The van der Waals surface area contributed by atoms with Gasteiger partial charge in [0.25, 0.3) is 0 Å². The summed E-state index contributed by atoms with van der Waals surface area (Å²) < 4.78 is 2.12. The third-order valence-electron chi connectivity index (χ3n) is 5.67. The maximum atomic E-state index is 9.15. The Labute approximate surface area is 110 Å². The SMILES string of the molecule is Cc1c(C#N)c(N)n(CC2C(C)(C)C2(C)C)c1C. The topological polar surface area (TPSA) is 54.7 Å². The Morgan fingerprint density at radius 1 is 1.22 bits per heavy atom. The van der Waals surface area contributed by atoms with Crippen molar-refractivity contribution < 1.29 is 0 Å². The molecule has 1 heterocycles. The molecule has 1 aromatic heterocycles. The van der Waals surface area contributed by atoms with E-state index in [0.29, 0.717) is 28.1 Å². The largest absolute Gasteiger partial charge is 0.384 e. The van der Waals surface area contributed by atoms with Crippen LogP contribution in [0.1, 0.15) is 44.5 Å². The van der Waals surface area contributed by atoms with Gasteiger partial charge in [-0.05, 0) is 36.2 Å². The molecule has 1 aromatic rings. The van der Waals surface area contributed by atoms with Gasteiger partial charge in [0.1, 0.15) is 11.9 Å². The first-order chi connectivity index (χ1) is 8.16. The minimum absolute atomic E-state index is 0.344. The standard InChI is InChI=1S/C15H23N3/c1-9-10(2)18(13(17)11(9)7-16)8-12-14(3,4)15(12,5)6/h12H,8,17H2,1-6H3. The molecule has 2 N–H and O–H groups in total. The molecule has 0 amide bonds. The molecule has 3 heteroatoms. The summed E-state index contributed by atoms with van der Waals surface area (Å²) in [5, 5.41) is 9.15. The second-order valence-electron chi connectivity index (χ2n) is 6.69. The van der Waals surface area contributed by atoms with Crippen LogP contribution in [0, 0.1) is 41.9 Å². The average molecular weight is 245 g/mol. The molecule has 1 aliphatic rings. The second-order valence-corrected chi connectivity index (χ2v) is 6.69. The van der Waals surface area contributed by atoms with E-state index in [1.807, 2.05) is 6.92 Å². The highest BCUT2D eigenvalue weighted by atomic mass is 15.1. The summed E-state index contributed by atoms with van der Waals surface area (Å²) in [5.74, 6) is 1.25. The van der Waals surface area contributed by atoms with Crippen LogP contribution < -0.4 is 5.73 Å². The Bertz CT molecular complexity index is 527. The Morgan fingerprint density at radius 3 is 2.06 bits per heavy atom. The molecule has 0 atom stereocenters. The molecule has 2 rings (SSSR count). The van der Waals surface area contributed by atoms with Crippen LogP contribution in [0.5, 0.6) is 0 Å². The lowest BCUT2D eigenvalue weighted by Crippen LogP contribution is -2.09. The number of anilines is 1. The van der Waals surface area contributed by atoms with E-state index in [4.69, 9.17) is 11.0 Å². The summed E-state index contributed by atoms with van der Waals surface area (Å²) in [5.41, 5.74) is 9.59. The van der Waals surface area contributed by atoms with E-state index < -0.39 is 0 Å². The number of nitrogens with two attached hydrogens (primary N) is 1. The van der Waals surface area contributed by atoms with Crippen molar-refractivity contribution in [3.8, 4) is 6.07 Å². The number of aromatic nitrogens is 1. The molecule has 0 aliphatic heterocycles. The number of rotatable bonds is 2. The van der Waals surface area contributed by atoms with E-state index in [0.717, 1.165) is 17.8 Å². The van der Waals surface area contributed by atoms with Crippen LogP contribution >= 0.6 is 0 Å². The minimum atomic E-state index is 0.344. The van der Waals surface area contributed by atoms with E-state index in [2.05, 4.69) is 45.3 Å². The third kappa shape index (κ3) is 1.41. The van der Waals surface area contributed by atoms with Gasteiger partial charge in [-0.25, -0.2) is 0 Å². The molecule has 0 aromatic carbocycles. The third-order valence-corrected chi connectivity index (χ3v) is 5.67. The van der Waals surface area contributed by atoms with E-state index in [1.165, 1.54) is 0 Å². The van der Waals surface area contributed by atoms with Crippen molar-refractivity contribution in [3.63, 3.8) is 0 Å². The van der Waals surface area contributed by atoms with Gasteiger partial charge in [-0.15, -0.1) is 0 Å². The number of hydrogen-bond donors (Lipinski definition) is 1. The Balaban J connectivity index is 2.36. The first kappa shape index (κ1) is 13.0. The summed E-state index contributed by atoms with van der Waals surface area (Å²) >= 11 is 0. The Kier molecular flexibility index (Phi) is 2.56. The van der Waals surface area contributed by atoms with Gasteiger partial charge in [-0.1, -0.05) is 27.7 Å². The molecule has 1 aliphatic carbocycles. The van der Waals surface area contributed by atoms with Gasteiger partial charge in [0, 0.05) is 12.2 Å². The van der Waals surface area contributed by atoms with Crippen LogP contribution in [0.15, 0.2) is 0 Å². The smallest absolute Gasteiger partial charge is 0.122 e. The predicted octanol–water partition coefficient (Wildman–Crippen LogP) is 3.24. The van der Waals surface area contributed by atoms with Gasteiger partial charge in [-0.3, -0.25) is 0 Å². The molecular weight excluding hydrogens is 222 g/mol. The molecule has 0 spiro atoms. The lowest BCUT2D eigenvalue weighted by molar-refractivity contribution is 0.457. The molecule has 1 fully saturated rings. The zero-order valence-corrected chi connectivity index (χ0v) is 12.3. The van der Waals surface area contributed by atoms with Crippen LogP contribution in [0.2, 0.25) is 0 Å². The molecule has 1 saturated carbocycles. The number of nitriles is 1. The highest BCUT2D eigenvalue weighted by Crippen LogP contribution is 2.69. The Hall–Kier alpha value is -1.43. The summed E-state index contributed by atoms with van der Waals surface area (Å²) in [6, 6.07) is 2.21. The predicted molar refractivity (Wildman–Crippen MR) is 74.1 cm³/mol. The van der Waals surface area contributed by atoms with Crippen LogP contribution in [0.4, 0.5) is 5.82 Å². The first-order valence-electron chi connectivity index (χ1n) is 6.51. The fourth-order valence-corrected chi connectivity index (χ4v) is 3.24. The van der Waals surface area contributed by atoms with E-state index in [-0.39, 0.29) is 0 Å². The Morgan fingerprint density at radius 2 is 1.72 bits per heavy atom. The van der Waals surface area contributed by atoms with E-state index in [9.17, 15) is 0 Å². The lowest BCUT2D eigenvalue weighted by atomic mass is 10.0. The number of hydrogen-bond acceptors (Lipinski definition) is 2. The molecular formula is C15H23N3. The van der Waals surface area contributed by atoms with Gasteiger partial charge in [0.05, 0.1) is 5.56 Å². The van der Waals surface area contributed by atoms with Crippen LogP contribution in [-0.4, -0.2) is 4.57 Å². The highest BCUT2D eigenvalue weighted by Gasteiger charge is 2.64. The minimum Gasteiger partial charge on any atom is -0.384 e. The van der Waals surface area contributed by atoms with Gasteiger partial charge < -0.3 is 10.3 Å². The fourth-order valence-electron chi connectivity index (χ4n) is 3.24. The quantitative estimate of drug-likeness (QED) is 0.869. The van der Waals surface area contributed by atoms with E-state index in [1.54, 1.807) is 0 Å². The second kappa shape index (κ2) is 3.54. The zero-order valence-electron chi connectivity index (χ0n) is 12.3. The molecule has 0 unspecified atom stereocenters. The summed E-state index contributed by atoms with van der Waals surface area (Å²) in [6.07, 6.45) is 0. The molecule has 3 nitrogen and oxygen atoms in total. The molecule has 0 radical (unpaired) electrons. The van der Waals surface area contributed by atoms with Crippen molar-refractivity contribution >= 4 is 5.82 Å². The summed E-state index contributed by atoms with van der Waals surface area (Å²) in [7, 11) is 0. The van der Waals surface area contributed by atoms with Crippen molar-refractivity contribution in [2.24, 2.45) is 16.7 Å². The van der Waals surface area contributed by atoms with Crippen molar-refractivity contribution in [1.82, 2.24) is 4.57 Å². The van der Waals surface area contributed by atoms with E-state index >= 15 is 0 Å². The van der Waals surface area contributed by atoms with Crippen LogP contribution in [0.25, 0.3) is 0 Å². The van der Waals surface area contributed by atoms with Gasteiger partial charge in [-0.2, -0.15) is 5.26 Å². The molecule has 0 bridgehead atoms. The average Bonchev–Trinajstić information content (AvgIpc) is 2.54. The lowest BCUT2D eigenvalue weighted by Gasteiger charge is -2.10. The van der Waals surface area contributed by atoms with Crippen molar-refractivity contribution in [2.45, 2.75) is 48.1 Å². The van der Waals surface area contributed by atoms with Crippen molar-refractivity contribution in [2.75, 3.05) is 5.73 Å².